The van der Waals surface area contributed by atoms with Crippen molar-refractivity contribution in [2.45, 2.75) is 6.42 Å². The number of aromatic carboxylic acids is 1. The number of para-hydroxylation sites is 1. The summed E-state index contributed by atoms with van der Waals surface area (Å²) in [6.07, 6.45) is 0.0977. The van der Waals surface area contributed by atoms with Gasteiger partial charge in [-0.15, -0.1) is 0 Å². The van der Waals surface area contributed by atoms with Crippen LogP contribution >= 0.6 is 11.6 Å². The topological polar surface area (TPSA) is 75.6 Å². The first kappa shape index (κ1) is 15.9. The zero-order valence-corrected chi connectivity index (χ0v) is 12.3. The van der Waals surface area contributed by atoms with Gasteiger partial charge in [-0.1, -0.05) is 29.8 Å². The van der Waals surface area contributed by atoms with E-state index in [1.165, 1.54) is 18.2 Å². The molecule has 0 radical (unpaired) electrons. The minimum Gasteiger partial charge on any atom is -0.493 e. The first-order chi connectivity index (χ1) is 10.6. The third-order valence-corrected chi connectivity index (χ3v) is 3.06. The van der Waals surface area contributed by atoms with Crippen molar-refractivity contribution in [2.24, 2.45) is 0 Å². The SMILES string of the molecule is O=C(CCOc1ccccc1)Nc1cc(Cl)ccc1C(=O)O. The van der Waals surface area contributed by atoms with E-state index in [-0.39, 0.29) is 30.2 Å². The Kier molecular flexibility index (Phi) is 5.38. The standard InChI is InChI=1S/C16H14ClNO4/c17-11-6-7-13(16(20)21)14(10-11)18-15(19)8-9-22-12-4-2-1-3-5-12/h1-7,10H,8-9H2,(H,18,19)(H,20,21). The summed E-state index contributed by atoms with van der Waals surface area (Å²) >= 11 is 5.82. The van der Waals surface area contributed by atoms with Crippen molar-refractivity contribution in [3.63, 3.8) is 0 Å². The molecule has 114 valence electrons. The number of amides is 1. The Labute approximate surface area is 132 Å². The number of carboxylic acids is 1. The number of benzene rings is 2. The third-order valence-electron chi connectivity index (χ3n) is 2.83. The second-order valence-electron chi connectivity index (χ2n) is 4.45. The van der Waals surface area contributed by atoms with Crippen molar-refractivity contribution in [3.05, 3.63) is 59.1 Å². The molecule has 22 heavy (non-hydrogen) atoms. The molecule has 0 aliphatic heterocycles. The van der Waals surface area contributed by atoms with Crippen molar-refractivity contribution >= 4 is 29.2 Å². The molecule has 0 unspecified atom stereocenters. The Balaban J connectivity index is 1.92. The molecule has 0 saturated carbocycles. The molecule has 0 aliphatic rings. The zero-order chi connectivity index (χ0) is 15.9. The van der Waals surface area contributed by atoms with Crippen LogP contribution in [-0.2, 0) is 4.79 Å². The molecule has 1 amide bonds. The first-order valence-electron chi connectivity index (χ1n) is 6.57. The number of halogens is 1. The van der Waals surface area contributed by atoms with Gasteiger partial charge in [0.2, 0.25) is 5.91 Å². The lowest BCUT2D eigenvalue weighted by molar-refractivity contribution is -0.116. The van der Waals surface area contributed by atoms with Gasteiger partial charge in [-0.05, 0) is 30.3 Å². The van der Waals surface area contributed by atoms with Gasteiger partial charge in [0.25, 0.3) is 0 Å². The third kappa shape index (κ3) is 4.49. The van der Waals surface area contributed by atoms with Gasteiger partial charge in [0.1, 0.15) is 5.75 Å². The summed E-state index contributed by atoms with van der Waals surface area (Å²) in [5.74, 6) is -0.808. The molecular formula is C16H14ClNO4. The number of rotatable bonds is 6. The van der Waals surface area contributed by atoms with Crippen molar-refractivity contribution in [1.82, 2.24) is 0 Å². The molecule has 0 bridgehead atoms. The normalized spacial score (nSPS) is 10.0. The molecule has 0 spiro atoms. The van der Waals surface area contributed by atoms with Gasteiger partial charge in [-0.2, -0.15) is 0 Å². The van der Waals surface area contributed by atoms with Gasteiger partial charge < -0.3 is 15.2 Å². The lowest BCUT2D eigenvalue weighted by atomic mass is 10.1. The lowest BCUT2D eigenvalue weighted by Gasteiger charge is -2.10. The van der Waals surface area contributed by atoms with Crippen LogP contribution < -0.4 is 10.1 Å². The van der Waals surface area contributed by atoms with E-state index in [2.05, 4.69) is 5.32 Å². The fourth-order valence-electron chi connectivity index (χ4n) is 1.80. The Morgan fingerprint density at radius 2 is 1.86 bits per heavy atom. The van der Waals surface area contributed by atoms with Crippen LogP contribution in [0.3, 0.4) is 0 Å². The predicted molar refractivity (Wildman–Crippen MR) is 83.6 cm³/mol. The fraction of sp³-hybridized carbons (Fsp3) is 0.125. The lowest BCUT2D eigenvalue weighted by Crippen LogP contribution is -2.17. The monoisotopic (exact) mass is 319 g/mol. The highest BCUT2D eigenvalue weighted by molar-refractivity contribution is 6.31. The van der Waals surface area contributed by atoms with Crippen molar-refractivity contribution in [1.29, 1.82) is 0 Å². The second kappa shape index (κ2) is 7.47. The molecule has 5 nitrogen and oxygen atoms in total. The van der Waals surface area contributed by atoms with E-state index in [9.17, 15) is 9.59 Å². The van der Waals surface area contributed by atoms with Crippen LogP contribution in [0, 0.1) is 0 Å². The van der Waals surface area contributed by atoms with Crippen LogP contribution in [0.5, 0.6) is 5.75 Å². The summed E-state index contributed by atoms with van der Waals surface area (Å²) in [6.45, 7) is 0.193. The minimum atomic E-state index is -1.13. The number of carbonyl (C=O) groups is 2. The fourth-order valence-corrected chi connectivity index (χ4v) is 1.97. The van der Waals surface area contributed by atoms with Crippen LogP contribution in [-0.4, -0.2) is 23.6 Å². The molecule has 0 fully saturated rings. The van der Waals surface area contributed by atoms with Gasteiger partial charge in [0.05, 0.1) is 24.3 Å². The molecule has 0 aliphatic carbocycles. The number of ether oxygens (including phenoxy) is 1. The van der Waals surface area contributed by atoms with Gasteiger partial charge in [-0.25, -0.2) is 4.79 Å². The largest absolute Gasteiger partial charge is 0.493 e. The zero-order valence-electron chi connectivity index (χ0n) is 11.6. The smallest absolute Gasteiger partial charge is 0.337 e. The van der Waals surface area contributed by atoms with Gasteiger partial charge >= 0.3 is 5.97 Å². The summed E-state index contributed by atoms with van der Waals surface area (Å²) in [4.78, 5) is 23.0. The molecule has 2 rings (SSSR count). The highest BCUT2D eigenvalue weighted by atomic mass is 35.5. The maximum atomic E-state index is 11.9. The summed E-state index contributed by atoms with van der Waals surface area (Å²) < 4.78 is 5.41. The Morgan fingerprint density at radius 3 is 2.55 bits per heavy atom. The molecule has 2 aromatic carbocycles. The molecule has 0 heterocycles. The predicted octanol–water partition coefficient (Wildman–Crippen LogP) is 3.45. The van der Waals surface area contributed by atoms with Crippen LogP contribution in [0.2, 0.25) is 5.02 Å². The van der Waals surface area contributed by atoms with Crippen LogP contribution in [0.15, 0.2) is 48.5 Å². The highest BCUT2D eigenvalue weighted by Gasteiger charge is 2.13. The van der Waals surface area contributed by atoms with Crippen molar-refractivity contribution in [3.8, 4) is 5.75 Å². The summed E-state index contributed by atoms with van der Waals surface area (Å²) in [7, 11) is 0. The number of carboxylic acid groups (broad SMARTS) is 1. The van der Waals surface area contributed by atoms with E-state index in [0.717, 1.165) is 0 Å². The van der Waals surface area contributed by atoms with E-state index >= 15 is 0 Å². The van der Waals surface area contributed by atoms with E-state index < -0.39 is 5.97 Å². The number of hydrogen-bond donors (Lipinski definition) is 2. The maximum absolute atomic E-state index is 11.9. The van der Waals surface area contributed by atoms with Crippen LogP contribution in [0.1, 0.15) is 16.8 Å². The Hall–Kier alpha value is -2.53. The quantitative estimate of drug-likeness (QED) is 0.855. The van der Waals surface area contributed by atoms with E-state index in [1.54, 1.807) is 12.1 Å². The molecular weight excluding hydrogens is 306 g/mol. The average Bonchev–Trinajstić information content (AvgIpc) is 2.48. The van der Waals surface area contributed by atoms with Gasteiger partial charge in [0, 0.05) is 5.02 Å². The Bertz CT molecular complexity index is 673. The molecule has 0 aromatic heterocycles. The summed E-state index contributed by atoms with van der Waals surface area (Å²) in [5, 5.41) is 12.0. The Morgan fingerprint density at radius 1 is 1.14 bits per heavy atom. The first-order valence-corrected chi connectivity index (χ1v) is 6.94. The molecule has 0 atom stereocenters. The van der Waals surface area contributed by atoms with E-state index in [1.807, 2.05) is 18.2 Å². The highest BCUT2D eigenvalue weighted by Crippen LogP contribution is 2.21. The molecule has 2 N–H and O–H groups in total. The average molecular weight is 320 g/mol. The second-order valence-corrected chi connectivity index (χ2v) is 4.89. The maximum Gasteiger partial charge on any atom is 0.337 e. The van der Waals surface area contributed by atoms with Crippen LogP contribution in [0.25, 0.3) is 0 Å². The molecule has 2 aromatic rings. The van der Waals surface area contributed by atoms with Crippen LogP contribution in [0.4, 0.5) is 5.69 Å². The molecule has 0 saturated heterocycles. The summed E-state index contributed by atoms with van der Waals surface area (Å²) in [6, 6.07) is 13.3. The molecule has 6 heteroatoms. The van der Waals surface area contributed by atoms with E-state index in [0.29, 0.717) is 10.8 Å². The number of nitrogens with one attached hydrogen (secondary N) is 1. The van der Waals surface area contributed by atoms with E-state index in [4.69, 9.17) is 21.4 Å². The van der Waals surface area contributed by atoms with Crippen molar-refractivity contribution in [2.75, 3.05) is 11.9 Å². The number of anilines is 1. The number of hydrogen-bond acceptors (Lipinski definition) is 3. The minimum absolute atomic E-state index is 0.0123. The summed E-state index contributed by atoms with van der Waals surface area (Å²) in [5.41, 5.74) is 0.159. The van der Waals surface area contributed by atoms with Gasteiger partial charge in [-0.3, -0.25) is 4.79 Å². The van der Waals surface area contributed by atoms with Crippen molar-refractivity contribution < 1.29 is 19.4 Å². The van der Waals surface area contributed by atoms with Gasteiger partial charge in [0.15, 0.2) is 0 Å². The number of carbonyl (C=O) groups excluding carboxylic acids is 1.